The van der Waals surface area contributed by atoms with Gasteiger partial charge in [-0.25, -0.2) is 0 Å². The molecule has 0 fully saturated rings. The van der Waals surface area contributed by atoms with Crippen LogP contribution in [0.5, 0.6) is 5.75 Å². The Morgan fingerprint density at radius 3 is 2.33 bits per heavy atom. The van der Waals surface area contributed by atoms with Crippen LogP contribution in [0.4, 0.5) is 0 Å². The molecule has 1 aromatic carbocycles. The molecule has 1 nitrogen and oxygen atoms in total. The number of halogens is 2. The molecule has 0 spiro atoms. The maximum atomic E-state index is 5.83. The normalized spacial score (nSPS) is 9.92. The summed E-state index contributed by atoms with van der Waals surface area (Å²) in [5.74, 6) is 1.18. The first-order valence-corrected chi connectivity index (χ1v) is 4.82. The second-order valence-corrected chi connectivity index (χ2v) is 3.38. The highest BCUT2D eigenvalue weighted by molar-refractivity contribution is 7.80. The fourth-order valence-corrected chi connectivity index (χ4v) is 1.37. The molecule has 0 aliphatic rings. The Bertz CT molecular complexity index is 245. The van der Waals surface area contributed by atoms with Gasteiger partial charge in [0.1, 0.15) is 0 Å². The van der Waals surface area contributed by atoms with E-state index in [9.17, 15) is 0 Å². The molecule has 0 saturated carbocycles. The third-order valence-electron chi connectivity index (χ3n) is 1.26. The van der Waals surface area contributed by atoms with Crippen LogP contribution in [-0.2, 0) is 0 Å². The van der Waals surface area contributed by atoms with Crippen molar-refractivity contribution in [3.8, 4) is 5.75 Å². The minimum absolute atomic E-state index is 0.507. The zero-order chi connectivity index (χ0) is 8.97. The minimum atomic E-state index is 0.507. The molecule has 0 saturated heterocycles. The molecule has 66 valence electrons. The monoisotopic (exact) mass is 222 g/mol. The number of para-hydroxylation sites is 1. The summed E-state index contributed by atoms with van der Waals surface area (Å²) in [4.78, 5) is 0. The molecule has 0 atom stereocenters. The lowest BCUT2D eigenvalue weighted by Crippen LogP contribution is -1.98. The minimum Gasteiger partial charge on any atom is -0.490 e. The highest BCUT2D eigenvalue weighted by atomic mass is 35.5. The van der Waals surface area contributed by atoms with Crippen LogP contribution in [0.1, 0.15) is 0 Å². The van der Waals surface area contributed by atoms with Crippen LogP contribution in [0.25, 0.3) is 0 Å². The molecule has 0 amide bonds. The highest BCUT2D eigenvalue weighted by Crippen LogP contribution is 2.32. The molecule has 0 aliphatic heterocycles. The summed E-state index contributed by atoms with van der Waals surface area (Å²) in [6, 6.07) is 5.25. The van der Waals surface area contributed by atoms with Gasteiger partial charge in [-0.3, -0.25) is 0 Å². The summed E-state index contributed by atoms with van der Waals surface area (Å²) in [7, 11) is 0. The van der Waals surface area contributed by atoms with E-state index < -0.39 is 0 Å². The van der Waals surface area contributed by atoms with Gasteiger partial charge in [-0.2, -0.15) is 12.6 Å². The molecule has 4 heteroatoms. The molecule has 1 rings (SSSR count). The van der Waals surface area contributed by atoms with Crippen molar-refractivity contribution in [2.75, 3.05) is 12.4 Å². The third-order valence-corrected chi connectivity index (χ3v) is 2.03. The van der Waals surface area contributed by atoms with Crippen molar-refractivity contribution in [2.45, 2.75) is 0 Å². The Kier molecular flexibility index (Phi) is 4.06. The Hall–Kier alpha value is -0.0500. The molecule has 0 unspecified atom stereocenters. The molecule has 0 radical (unpaired) electrons. The van der Waals surface area contributed by atoms with Crippen LogP contribution < -0.4 is 4.74 Å². The molecule has 0 aliphatic carbocycles. The van der Waals surface area contributed by atoms with Gasteiger partial charge in [0.25, 0.3) is 0 Å². The van der Waals surface area contributed by atoms with Gasteiger partial charge in [0.15, 0.2) is 5.75 Å². The average molecular weight is 223 g/mol. The molecule has 1 aromatic rings. The number of benzene rings is 1. The van der Waals surface area contributed by atoms with E-state index in [1.807, 2.05) is 0 Å². The highest BCUT2D eigenvalue weighted by Gasteiger charge is 2.04. The summed E-state index contributed by atoms with van der Waals surface area (Å²) < 4.78 is 5.28. The Labute approximate surface area is 87.0 Å². The zero-order valence-electron chi connectivity index (χ0n) is 6.26. The molecule has 0 N–H and O–H groups in total. The van der Waals surface area contributed by atoms with Crippen LogP contribution >= 0.6 is 35.8 Å². The fraction of sp³-hybridized carbons (Fsp3) is 0.250. The van der Waals surface area contributed by atoms with E-state index in [1.165, 1.54) is 0 Å². The number of hydrogen-bond donors (Lipinski definition) is 1. The molecule has 0 heterocycles. The smallest absolute Gasteiger partial charge is 0.156 e. The molecular formula is C8H8Cl2OS. The van der Waals surface area contributed by atoms with E-state index in [1.54, 1.807) is 18.2 Å². The summed E-state index contributed by atoms with van der Waals surface area (Å²) in [5, 5.41) is 1.06. The van der Waals surface area contributed by atoms with Gasteiger partial charge in [0.05, 0.1) is 16.7 Å². The topological polar surface area (TPSA) is 9.23 Å². The predicted octanol–water partition coefficient (Wildman–Crippen LogP) is 3.30. The Morgan fingerprint density at radius 1 is 1.25 bits per heavy atom. The van der Waals surface area contributed by atoms with Crippen molar-refractivity contribution in [3.63, 3.8) is 0 Å². The maximum Gasteiger partial charge on any atom is 0.156 e. The van der Waals surface area contributed by atoms with Crippen molar-refractivity contribution >= 4 is 35.8 Å². The van der Waals surface area contributed by atoms with Crippen LogP contribution in [0.2, 0.25) is 10.0 Å². The lowest BCUT2D eigenvalue weighted by molar-refractivity contribution is 0.345. The number of hydrogen-bond acceptors (Lipinski definition) is 2. The first-order chi connectivity index (χ1) is 5.75. The number of rotatable bonds is 3. The van der Waals surface area contributed by atoms with E-state index in [2.05, 4.69) is 12.6 Å². The molecule has 0 aromatic heterocycles. The van der Waals surface area contributed by atoms with E-state index in [0.29, 0.717) is 28.2 Å². The van der Waals surface area contributed by atoms with E-state index >= 15 is 0 Å². The van der Waals surface area contributed by atoms with Gasteiger partial charge in [0.2, 0.25) is 0 Å². The second-order valence-electron chi connectivity index (χ2n) is 2.12. The standard InChI is InChI=1S/C8H8Cl2OS/c9-6-2-1-3-7(10)8(6)11-4-5-12/h1-3,12H,4-5H2. The van der Waals surface area contributed by atoms with Crippen molar-refractivity contribution in [1.29, 1.82) is 0 Å². The van der Waals surface area contributed by atoms with E-state index in [4.69, 9.17) is 27.9 Å². The van der Waals surface area contributed by atoms with Crippen molar-refractivity contribution < 1.29 is 4.74 Å². The Morgan fingerprint density at radius 2 is 1.83 bits per heavy atom. The summed E-state index contributed by atoms with van der Waals surface area (Å²) >= 11 is 15.7. The van der Waals surface area contributed by atoms with Crippen molar-refractivity contribution in [2.24, 2.45) is 0 Å². The first-order valence-electron chi connectivity index (χ1n) is 3.43. The van der Waals surface area contributed by atoms with Crippen LogP contribution in [-0.4, -0.2) is 12.4 Å². The summed E-state index contributed by atoms with van der Waals surface area (Å²) in [6.45, 7) is 0.507. The van der Waals surface area contributed by atoms with Crippen molar-refractivity contribution in [1.82, 2.24) is 0 Å². The lowest BCUT2D eigenvalue weighted by Gasteiger charge is -2.07. The van der Waals surface area contributed by atoms with E-state index in [-0.39, 0.29) is 0 Å². The zero-order valence-corrected chi connectivity index (χ0v) is 8.66. The first kappa shape index (κ1) is 10.0. The van der Waals surface area contributed by atoms with Gasteiger partial charge in [0, 0.05) is 5.75 Å². The lowest BCUT2D eigenvalue weighted by atomic mass is 10.3. The van der Waals surface area contributed by atoms with Crippen LogP contribution in [0.3, 0.4) is 0 Å². The second kappa shape index (κ2) is 4.85. The molecular weight excluding hydrogens is 215 g/mol. The van der Waals surface area contributed by atoms with Crippen molar-refractivity contribution in [3.05, 3.63) is 28.2 Å². The molecule has 12 heavy (non-hydrogen) atoms. The van der Waals surface area contributed by atoms with Crippen LogP contribution in [0.15, 0.2) is 18.2 Å². The van der Waals surface area contributed by atoms with Crippen LogP contribution in [0, 0.1) is 0 Å². The molecule has 0 bridgehead atoms. The number of ether oxygens (including phenoxy) is 1. The van der Waals surface area contributed by atoms with Gasteiger partial charge >= 0.3 is 0 Å². The third kappa shape index (κ3) is 2.47. The largest absolute Gasteiger partial charge is 0.490 e. The van der Waals surface area contributed by atoms with Gasteiger partial charge in [-0.15, -0.1) is 0 Å². The summed E-state index contributed by atoms with van der Waals surface area (Å²) in [6.07, 6.45) is 0. The SMILES string of the molecule is SCCOc1c(Cl)cccc1Cl. The van der Waals surface area contributed by atoms with Gasteiger partial charge < -0.3 is 4.74 Å². The van der Waals surface area contributed by atoms with Gasteiger partial charge in [-0.1, -0.05) is 29.3 Å². The maximum absolute atomic E-state index is 5.83. The average Bonchev–Trinajstić information content (AvgIpc) is 2.04. The predicted molar refractivity (Wildman–Crippen MR) is 55.8 cm³/mol. The summed E-state index contributed by atoms with van der Waals surface area (Å²) in [5.41, 5.74) is 0. The van der Waals surface area contributed by atoms with Gasteiger partial charge in [-0.05, 0) is 12.1 Å². The fourth-order valence-electron chi connectivity index (χ4n) is 0.768. The quantitative estimate of drug-likeness (QED) is 0.773. The number of thiol groups is 1. The Balaban J connectivity index is 2.81. The van der Waals surface area contributed by atoms with E-state index in [0.717, 1.165) is 0 Å².